The average molecular weight is 381 g/mol. The second-order valence-electron chi connectivity index (χ2n) is 6.56. The minimum absolute atomic E-state index is 0.328. The molecule has 0 amide bonds. The summed E-state index contributed by atoms with van der Waals surface area (Å²) < 4.78 is 15.4. The van der Waals surface area contributed by atoms with Gasteiger partial charge in [-0.05, 0) is 61.3 Å². The lowest BCUT2D eigenvalue weighted by Crippen LogP contribution is -2.29. The van der Waals surface area contributed by atoms with Crippen molar-refractivity contribution in [3.8, 4) is 11.4 Å². The maximum Gasteiger partial charge on any atom is 0.216 e. The summed E-state index contributed by atoms with van der Waals surface area (Å²) in [6.07, 6.45) is 5.56. The predicted molar refractivity (Wildman–Crippen MR) is 108 cm³/mol. The van der Waals surface area contributed by atoms with Crippen LogP contribution in [0.5, 0.6) is 0 Å². The van der Waals surface area contributed by atoms with E-state index in [1.165, 1.54) is 41.8 Å². The third kappa shape index (κ3) is 3.98. The van der Waals surface area contributed by atoms with Crippen molar-refractivity contribution in [1.82, 2.24) is 14.9 Å². The van der Waals surface area contributed by atoms with E-state index < -0.39 is 0 Å². The summed E-state index contributed by atoms with van der Waals surface area (Å²) >= 11 is 5.26. The molecule has 0 aliphatic carbocycles. The first-order chi connectivity index (χ1) is 13.2. The Morgan fingerprint density at radius 1 is 1.07 bits per heavy atom. The monoisotopic (exact) mass is 381 g/mol. The Labute approximate surface area is 162 Å². The van der Waals surface area contributed by atoms with Crippen LogP contribution in [0.3, 0.4) is 0 Å². The SMILES string of the molecule is Fc1cccc(-c2n[nH]c(=S)n2/N=C\c2ccc(N3CCCCC3)cc2)c1. The third-order valence-corrected chi connectivity index (χ3v) is 4.93. The molecule has 7 heteroatoms. The van der Waals surface area contributed by atoms with E-state index in [9.17, 15) is 4.39 Å². The summed E-state index contributed by atoms with van der Waals surface area (Å²) in [5, 5.41) is 11.3. The molecular formula is C20H20FN5S. The highest BCUT2D eigenvalue weighted by Crippen LogP contribution is 2.20. The lowest BCUT2D eigenvalue weighted by Gasteiger charge is -2.28. The average Bonchev–Trinajstić information content (AvgIpc) is 3.08. The number of rotatable bonds is 4. The van der Waals surface area contributed by atoms with Gasteiger partial charge in [0.2, 0.25) is 4.77 Å². The van der Waals surface area contributed by atoms with E-state index >= 15 is 0 Å². The molecule has 4 rings (SSSR count). The van der Waals surface area contributed by atoms with Crippen molar-refractivity contribution in [2.75, 3.05) is 18.0 Å². The summed E-state index contributed by atoms with van der Waals surface area (Å²) in [5.41, 5.74) is 2.82. The lowest BCUT2D eigenvalue weighted by molar-refractivity contribution is 0.578. The van der Waals surface area contributed by atoms with Crippen LogP contribution in [-0.4, -0.2) is 34.2 Å². The van der Waals surface area contributed by atoms with Gasteiger partial charge in [0.1, 0.15) is 5.82 Å². The van der Waals surface area contributed by atoms with Gasteiger partial charge in [-0.3, -0.25) is 0 Å². The molecule has 5 nitrogen and oxygen atoms in total. The van der Waals surface area contributed by atoms with Gasteiger partial charge in [-0.2, -0.15) is 14.9 Å². The van der Waals surface area contributed by atoms with Crippen LogP contribution in [0.4, 0.5) is 10.1 Å². The fraction of sp³-hybridized carbons (Fsp3) is 0.250. The molecule has 0 radical (unpaired) electrons. The predicted octanol–water partition coefficient (Wildman–Crippen LogP) is 4.62. The first-order valence-electron chi connectivity index (χ1n) is 9.03. The largest absolute Gasteiger partial charge is 0.372 e. The molecule has 0 spiro atoms. The van der Waals surface area contributed by atoms with Crippen LogP contribution in [0.15, 0.2) is 53.6 Å². The van der Waals surface area contributed by atoms with Crippen LogP contribution < -0.4 is 4.90 Å². The van der Waals surface area contributed by atoms with Gasteiger partial charge in [-0.1, -0.05) is 24.3 Å². The number of aromatic amines is 1. The van der Waals surface area contributed by atoms with Gasteiger partial charge < -0.3 is 4.90 Å². The maximum atomic E-state index is 13.5. The van der Waals surface area contributed by atoms with E-state index in [4.69, 9.17) is 12.2 Å². The van der Waals surface area contributed by atoms with Gasteiger partial charge in [0.25, 0.3) is 0 Å². The van der Waals surface area contributed by atoms with Gasteiger partial charge in [-0.15, -0.1) is 0 Å². The van der Waals surface area contributed by atoms with E-state index in [0.29, 0.717) is 16.2 Å². The maximum absolute atomic E-state index is 13.5. The summed E-state index contributed by atoms with van der Waals surface area (Å²) in [6.45, 7) is 2.24. The first kappa shape index (κ1) is 17.6. The molecule has 1 aliphatic rings. The number of aromatic nitrogens is 3. The minimum atomic E-state index is -0.328. The molecule has 2 heterocycles. The molecule has 0 unspecified atom stereocenters. The zero-order valence-electron chi connectivity index (χ0n) is 14.8. The first-order valence-corrected chi connectivity index (χ1v) is 9.44. The van der Waals surface area contributed by atoms with Crippen molar-refractivity contribution in [3.05, 3.63) is 64.7 Å². The summed E-state index contributed by atoms with van der Waals surface area (Å²) in [5.74, 6) is 0.144. The Morgan fingerprint density at radius 2 is 1.85 bits per heavy atom. The van der Waals surface area contributed by atoms with E-state index in [1.54, 1.807) is 18.3 Å². The van der Waals surface area contributed by atoms with Crippen LogP contribution in [0.25, 0.3) is 11.4 Å². The number of H-pyrrole nitrogens is 1. The number of anilines is 1. The highest BCUT2D eigenvalue weighted by molar-refractivity contribution is 7.71. The standard InChI is InChI=1S/C20H20FN5S/c21-17-6-4-5-16(13-17)19-23-24-20(27)26(19)22-14-15-7-9-18(10-8-15)25-11-2-1-3-12-25/h4-10,13-14H,1-3,11-12H2,(H,24,27)/b22-14-. The van der Waals surface area contributed by atoms with Crippen LogP contribution in [0.2, 0.25) is 0 Å². The molecule has 0 bridgehead atoms. The number of nitrogens with zero attached hydrogens (tertiary/aromatic N) is 4. The van der Waals surface area contributed by atoms with E-state index in [-0.39, 0.29) is 5.82 Å². The van der Waals surface area contributed by atoms with Crippen molar-refractivity contribution in [1.29, 1.82) is 0 Å². The summed E-state index contributed by atoms with van der Waals surface area (Å²) in [6, 6.07) is 14.5. The van der Waals surface area contributed by atoms with Crippen molar-refractivity contribution >= 4 is 24.1 Å². The van der Waals surface area contributed by atoms with Gasteiger partial charge in [0.05, 0.1) is 6.21 Å². The molecule has 1 fully saturated rings. The summed E-state index contributed by atoms with van der Waals surface area (Å²) in [4.78, 5) is 2.42. The van der Waals surface area contributed by atoms with E-state index in [1.807, 2.05) is 12.1 Å². The Hall–Kier alpha value is -2.80. The summed E-state index contributed by atoms with van der Waals surface area (Å²) in [7, 11) is 0. The molecule has 27 heavy (non-hydrogen) atoms. The number of hydrogen-bond donors (Lipinski definition) is 1. The lowest BCUT2D eigenvalue weighted by atomic mass is 10.1. The second kappa shape index (κ2) is 7.84. The van der Waals surface area contributed by atoms with Crippen LogP contribution in [0.1, 0.15) is 24.8 Å². The van der Waals surface area contributed by atoms with E-state index in [0.717, 1.165) is 18.7 Å². The number of nitrogens with one attached hydrogen (secondary N) is 1. The van der Waals surface area contributed by atoms with Crippen molar-refractivity contribution in [3.63, 3.8) is 0 Å². The molecule has 3 aromatic rings. The van der Waals surface area contributed by atoms with Crippen molar-refractivity contribution in [2.24, 2.45) is 5.10 Å². The Kier molecular flexibility index (Phi) is 5.11. The zero-order chi connectivity index (χ0) is 18.6. The number of hydrogen-bond acceptors (Lipinski definition) is 4. The quantitative estimate of drug-likeness (QED) is 0.530. The highest BCUT2D eigenvalue weighted by atomic mass is 32.1. The third-order valence-electron chi connectivity index (χ3n) is 4.67. The van der Waals surface area contributed by atoms with Gasteiger partial charge in [0, 0.05) is 24.3 Å². The van der Waals surface area contributed by atoms with Crippen LogP contribution in [-0.2, 0) is 0 Å². The van der Waals surface area contributed by atoms with Gasteiger partial charge >= 0.3 is 0 Å². The second-order valence-corrected chi connectivity index (χ2v) is 6.95. The Bertz CT molecular complexity index is 1000. The van der Waals surface area contributed by atoms with Gasteiger partial charge in [0.15, 0.2) is 5.82 Å². The fourth-order valence-corrected chi connectivity index (χ4v) is 3.44. The van der Waals surface area contributed by atoms with E-state index in [2.05, 4.69) is 32.3 Å². The molecule has 1 N–H and O–H groups in total. The van der Waals surface area contributed by atoms with Crippen LogP contribution in [0, 0.1) is 10.6 Å². The Morgan fingerprint density at radius 3 is 2.59 bits per heavy atom. The highest BCUT2D eigenvalue weighted by Gasteiger charge is 2.11. The molecule has 1 saturated heterocycles. The Balaban J connectivity index is 1.56. The van der Waals surface area contributed by atoms with Crippen molar-refractivity contribution in [2.45, 2.75) is 19.3 Å². The number of benzene rings is 2. The molecule has 2 aromatic carbocycles. The molecule has 1 aromatic heterocycles. The molecule has 1 aliphatic heterocycles. The molecular weight excluding hydrogens is 361 g/mol. The van der Waals surface area contributed by atoms with Crippen LogP contribution >= 0.6 is 12.2 Å². The topological polar surface area (TPSA) is 49.2 Å². The fourth-order valence-electron chi connectivity index (χ4n) is 3.26. The zero-order valence-corrected chi connectivity index (χ0v) is 15.6. The van der Waals surface area contributed by atoms with Gasteiger partial charge in [-0.25, -0.2) is 9.49 Å². The smallest absolute Gasteiger partial charge is 0.216 e. The molecule has 0 atom stereocenters. The molecule has 138 valence electrons. The molecule has 0 saturated carbocycles. The van der Waals surface area contributed by atoms with Crippen molar-refractivity contribution < 1.29 is 4.39 Å². The number of halogens is 1. The normalized spacial score (nSPS) is 14.8. The minimum Gasteiger partial charge on any atom is -0.372 e. The number of piperidine rings is 1.